The lowest BCUT2D eigenvalue weighted by Crippen LogP contribution is -1.84. The molecule has 0 N–H and O–H groups in total. The van der Waals surface area contributed by atoms with Crippen LogP contribution in [0.1, 0.15) is 10.6 Å². The highest BCUT2D eigenvalue weighted by molar-refractivity contribution is 9.10. The number of halogens is 3. The monoisotopic (exact) mass is 434 g/mol. The van der Waals surface area contributed by atoms with Gasteiger partial charge in [-0.2, -0.15) is 5.26 Å². The van der Waals surface area contributed by atoms with Crippen molar-refractivity contribution in [2.45, 2.75) is 0 Å². The van der Waals surface area contributed by atoms with Gasteiger partial charge in [0.2, 0.25) is 0 Å². The second-order valence-electron chi connectivity index (χ2n) is 4.89. The summed E-state index contributed by atoms with van der Waals surface area (Å²) < 4.78 is 0.960. The third kappa shape index (κ3) is 3.88. The molecule has 0 atom stereocenters. The van der Waals surface area contributed by atoms with Crippen LogP contribution in [0.5, 0.6) is 0 Å². The van der Waals surface area contributed by atoms with Gasteiger partial charge in [0, 0.05) is 20.4 Å². The molecule has 6 heteroatoms. The molecule has 0 aliphatic carbocycles. The summed E-state index contributed by atoms with van der Waals surface area (Å²) in [4.78, 5) is 4.55. The Kier molecular flexibility index (Phi) is 5.37. The minimum absolute atomic E-state index is 0.509. The number of hydrogen-bond donors (Lipinski definition) is 0. The number of nitrogens with zero attached hydrogens (tertiary/aromatic N) is 2. The van der Waals surface area contributed by atoms with Gasteiger partial charge in [-0.15, -0.1) is 11.3 Å². The zero-order valence-corrected chi connectivity index (χ0v) is 16.0. The lowest BCUT2D eigenvalue weighted by Gasteiger charge is -2.01. The van der Waals surface area contributed by atoms with Crippen molar-refractivity contribution in [3.63, 3.8) is 0 Å². The maximum atomic E-state index is 9.47. The Morgan fingerprint density at radius 2 is 2.04 bits per heavy atom. The average molecular weight is 436 g/mol. The van der Waals surface area contributed by atoms with Gasteiger partial charge < -0.3 is 0 Å². The summed E-state index contributed by atoms with van der Waals surface area (Å²) in [5.41, 5.74) is 2.96. The molecule has 0 saturated carbocycles. The van der Waals surface area contributed by atoms with E-state index in [0.29, 0.717) is 20.6 Å². The molecule has 118 valence electrons. The molecule has 2 nitrogen and oxygen atoms in total. The van der Waals surface area contributed by atoms with E-state index in [9.17, 15) is 5.26 Å². The second-order valence-corrected chi connectivity index (χ2v) is 7.50. The quantitative estimate of drug-likeness (QED) is 0.417. The molecule has 1 aromatic heterocycles. The first-order valence-electron chi connectivity index (χ1n) is 6.85. The van der Waals surface area contributed by atoms with Gasteiger partial charge in [0.05, 0.1) is 16.3 Å². The largest absolute Gasteiger partial charge is 0.235 e. The number of benzene rings is 2. The lowest BCUT2D eigenvalue weighted by atomic mass is 10.1. The summed E-state index contributed by atoms with van der Waals surface area (Å²) in [5.74, 6) is 0. The van der Waals surface area contributed by atoms with Gasteiger partial charge in [-0.1, -0.05) is 51.3 Å². The molecule has 0 aliphatic rings. The molecule has 0 radical (unpaired) electrons. The number of rotatable bonds is 3. The van der Waals surface area contributed by atoms with Gasteiger partial charge in [-0.25, -0.2) is 4.98 Å². The molecule has 0 unspecified atom stereocenters. The molecule has 0 amide bonds. The van der Waals surface area contributed by atoms with Gasteiger partial charge in [0.15, 0.2) is 0 Å². The molecule has 24 heavy (non-hydrogen) atoms. The van der Waals surface area contributed by atoms with Crippen LogP contribution in [0.25, 0.3) is 22.9 Å². The van der Waals surface area contributed by atoms with Crippen molar-refractivity contribution in [2.24, 2.45) is 0 Å². The number of hydrogen-bond acceptors (Lipinski definition) is 3. The molecule has 0 saturated heterocycles. The molecule has 0 spiro atoms. The molecule has 0 fully saturated rings. The summed E-state index contributed by atoms with van der Waals surface area (Å²) in [6.45, 7) is 0. The van der Waals surface area contributed by atoms with Gasteiger partial charge in [-0.05, 0) is 42.0 Å². The third-order valence-corrected chi connectivity index (χ3v) is 5.14. The van der Waals surface area contributed by atoms with Gasteiger partial charge in [0.25, 0.3) is 0 Å². The second kappa shape index (κ2) is 7.50. The van der Waals surface area contributed by atoms with Crippen LogP contribution in [0.15, 0.2) is 52.3 Å². The Labute approximate surface area is 162 Å². The van der Waals surface area contributed by atoms with Crippen LogP contribution in [0, 0.1) is 11.3 Å². The Bertz CT molecular complexity index is 973. The number of allylic oxidation sites excluding steroid dienone is 1. The van der Waals surface area contributed by atoms with Crippen molar-refractivity contribution in [3.8, 4) is 17.3 Å². The van der Waals surface area contributed by atoms with Crippen LogP contribution in [0.3, 0.4) is 0 Å². The molecule has 0 aliphatic heterocycles. The number of nitriles is 1. The number of thiazole rings is 1. The Morgan fingerprint density at radius 1 is 1.21 bits per heavy atom. The predicted octanol–water partition coefficient (Wildman–Crippen LogP) is 6.94. The van der Waals surface area contributed by atoms with E-state index < -0.39 is 0 Å². The van der Waals surface area contributed by atoms with E-state index in [1.807, 2.05) is 41.8 Å². The number of aromatic nitrogens is 1. The summed E-state index contributed by atoms with van der Waals surface area (Å²) in [5, 5.41) is 13.1. The zero-order valence-electron chi connectivity index (χ0n) is 12.1. The molecule has 2 aromatic carbocycles. The molecule has 0 bridgehead atoms. The Hall–Kier alpha value is -1.64. The first-order valence-corrected chi connectivity index (χ1v) is 9.28. The SMILES string of the molecule is N#C/C(=C\c1cccc(Br)c1)c1nc(-c2ccc(Cl)cc2Cl)cs1. The van der Waals surface area contributed by atoms with Crippen LogP contribution in [0.4, 0.5) is 0 Å². The van der Waals surface area contributed by atoms with E-state index in [2.05, 4.69) is 27.0 Å². The maximum absolute atomic E-state index is 9.47. The minimum Gasteiger partial charge on any atom is -0.235 e. The van der Waals surface area contributed by atoms with E-state index in [1.54, 1.807) is 12.1 Å². The van der Waals surface area contributed by atoms with Crippen molar-refractivity contribution >= 4 is 62.1 Å². The third-order valence-electron chi connectivity index (χ3n) is 3.22. The summed E-state index contributed by atoms with van der Waals surface area (Å²) in [6.07, 6.45) is 1.82. The maximum Gasteiger partial charge on any atom is 0.134 e. The van der Waals surface area contributed by atoms with E-state index in [0.717, 1.165) is 21.3 Å². The molecular weight excluding hydrogens is 427 g/mol. The van der Waals surface area contributed by atoms with Gasteiger partial charge in [-0.3, -0.25) is 0 Å². The first kappa shape index (κ1) is 17.2. The summed E-state index contributed by atoms with van der Waals surface area (Å²) in [7, 11) is 0. The summed E-state index contributed by atoms with van der Waals surface area (Å²) in [6, 6.07) is 15.2. The van der Waals surface area contributed by atoms with E-state index >= 15 is 0 Å². The lowest BCUT2D eigenvalue weighted by molar-refractivity contribution is 1.37. The first-order chi connectivity index (χ1) is 11.6. The van der Waals surface area contributed by atoms with Crippen LogP contribution < -0.4 is 0 Å². The van der Waals surface area contributed by atoms with Crippen LogP contribution in [0.2, 0.25) is 10.0 Å². The predicted molar refractivity (Wildman–Crippen MR) is 105 cm³/mol. The van der Waals surface area contributed by atoms with Crippen molar-refractivity contribution in [1.82, 2.24) is 4.98 Å². The van der Waals surface area contributed by atoms with Crippen molar-refractivity contribution in [3.05, 3.63) is 72.9 Å². The highest BCUT2D eigenvalue weighted by Crippen LogP contribution is 2.33. The Morgan fingerprint density at radius 3 is 2.75 bits per heavy atom. The van der Waals surface area contributed by atoms with Crippen LogP contribution in [-0.2, 0) is 0 Å². The van der Waals surface area contributed by atoms with Crippen LogP contribution in [-0.4, -0.2) is 4.98 Å². The smallest absolute Gasteiger partial charge is 0.134 e. The van der Waals surface area contributed by atoms with Crippen LogP contribution >= 0.6 is 50.5 Å². The Balaban J connectivity index is 1.98. The van der Waals surface area contributed by atoms with E-state index in [1.165, 1.54) is 11.3 Å². The van der Waals surface area contributed by atoms with Crippen molar-refractivity contribution in [1.29, 1.82) is 5.26 Å². The summed E-state index contributed by atoms with van der Waals surface area (Å²) >= 11 is 17.0. The van der Waals surface area contributed by atoms with Crippen molar-refractivity contribution < 1.29 is 0 Å². The fraction of sp³-hybridized carbons (Fsp3) is 0. The zero-order chi connectivity index (χ0) is 17.1. The molecule has 1 heterocycles. The standard InChI is InChI=1S/C18H9BrCl2N2S/c19-13-3-1-2-11(7-13)6-12(9-22)18-23-17(10-24-18)15-5-4-14(20)8-16(15)21/h1-8,10H/b12-6+. The fourth-order valence-corrected chi connectivity index (χ4v) is 3.83. The highest BCUT2D eigenvalue weighted by atomic mass is 79.9. The molecule has 3 aromatic rings. The van der Waals surface area contributed by atoms with Crippen molar-refractivity contribution in [2.75, 3.05) is 0 Å². The normalized spacial score (nSPS) is 11.3. The topological polar surface area (TPSA) is 36.7 Å². The van der Waals surface area contributed by atoms with Gasteiger partial charge in [0.1, 0.15) is 11.1 Å². The average Bonchev–Trinajstić information content (AvgIpc) is 3.02. The highest BCUT2D eigenvalue weighted by Gasteiger charge is 2.12. The molecule has 3 rings (SSSR count). The molecular formula is C18H9BrCl2N2S. The van der Waals surface area contributed by atoms with E-state index in [4.69, 9.17) is 23.2 Å². The van der Waals surface area contributed by atoms with Gasteiger partial charge >= 0.3 is 0 Å². The fourth-order valence-electron chi connectivity index (χ4n) is 2.12. The van der Waals surface area contributed by atoms with E-state index in [-0.39, 0.29) is 0 Å². The minimum atomic E-state index is 0.509.